The van der Waals surface area contributed by atoms with Crippen LogP contribution in [0.5, 0.6) is 0 Å². The molecule has 0 aliphatic carbocycles. The van der Waals surface area contributed by atoms with Crippen molar-refractivity contribution in [2.75, 3.05) is 0 Å². The lowest BCUT2D eigenvalue weighted by atomic mass is 10.1. The molecule has 0 amide bonds. The smallest absolute Gasteiger partial charge is 0.284 e. The maximum atomic E-state index is 12.1. The highest BCUT2D eigenvalue weighted by molar-refractivity contribution is 7.98. The fraction of sp³-hybridized carbons (Fsp3) is 0.733. The zero-order valence-corrected chi connectivity index (χ0v) is 13.1. The predicted octanol–water partition coefficient (Wildman–Crippen LogP) is 5.18. The first-order chi connectivity index (χ1) is 9.61. The van der Waals surface area contributed by atoms with Crippen LogP contribution in [0.3, 0.4) is 0 Å². The normalized spacial score (nSPS) is 13.1. The zero-order chi connectivity index (χ0) is 14.8. The molecule has 0 spiro atoms. The van der Waals surface area contributed by atoms with Crippen molar-refractivity contribution in [1.82, 2.24) is 5.32 Å². The minimum absolute atomic E-state index is 0.226. The van der Waals surface area contributed by atoms with Gasteiger partial charge in [0.2, 0.25) is 0 Å². The van der Waals surface area contributed by atoms with Crippen LogP contribution >= 0.6 is 11.8 Å². The second kappa shape index (κ2) is 10.2. The number of hydrogen-bond acceptors (Lipinski definition) is 3. The topological polar surface area (TPSA) is 25.2 Å². The molecule has 20 heavy (non-hydrogen) atoms. The summed E-state index contributed by atoms with van der Waals surface area (Å²) >= 11 is 0.590. The van der Waals surface area contributed by atoms with Crippen LogP contribution in [0.4, 0.5) is 8.78 Å². The van der Waals surface area contributed by atoms with Gasteiger partial charge >= 0.3 is 0 Å². The van der Waals surface area contributed by atoms with Crippen molar-refractivity contribution < 1.29 is 13.2 Å². The van der Waals surface area contributed by atoms with Crippen molar-refractivity contribution in [1.29, 1.82) is 0 Å². The van der Waals surface area contributed by atoms with Gasteiger partial charge in [-0.2, -0.15) is 8.78 Å². The van der Waals surface area contributed by atoms with Gasteiger partial charge in [0, 0.05) is 6.04 Å². The number of furan rings is 1. The molecule has 0 saturated carbocycles. The van der Waals surface area contributed by atoms with Gasteiger partial charge in [-0.05, 0) is 25.5 Å². The van der Waals surface area contributed by atoms with Crippen molar-refractivity contribution in [2.45, 2.75) is 70.0 Å². The molecule has 0 saturated heterocycles. The molecule has 1 heterocycles. The van der Waals surface area contributed by atoms with E-state index in [1.54, 1.807) is 6.07 Å². The molecule has 0 aromatic carbocycles. The molecular formula is C15H25F2NOS. The Labute approximate surface area is 124 Å². The largest absolute Gasteiger partial charge is 0.464 e. The maximum Gasteiger partial charge on any atom is 0.284 e. The fourth-order valence-corrected chi connectivity index (χ4v) is 2.44. The summed E-state index contributed by atoms with van der Waals surface area (Å²) in [5.74, 6) is -0.688. The summed E-state index contributed by atoms with van der Waals surface area (Å²) in [5, 5.41) is 3.41. The van der Waals surface area contributed by atoms with E-state index in [1.807, 2.05) is 6.07 Å². The first-order valence-electron chi connectivity index (χ1n) is 7.32. The van der Waals surface area contributed by atoms with E-state index in [2.05, 4.69) is 19.2 Å². The third-order valence-corrected chi connectivity index (χ3v) is 3.89. The molecule has 0 bridgehead atoms. The number of nitrogens with one attached hydrogen (secondary N) is 1. The number of rotatable bonds is 11. The highest BCUT2D eigenvalue weighted by Gasteiger charge is 2.08. The molecule has 1 N–H and O–H groups in total. The Balaban J connectivity index is 2.17. The van der Waals surface area contributed by atoms with Crippen LogP contribution < -0.4 is 5.32 Å². The first-order valence-corrected chi connectivity index (χ1v) is 8.37. The molecule has 0 aliphatic rings. The molecule has 1 aromatic heterocycles. The number of halogens is 2. The monoisotopic (exact) mass is 305 g/mol. The second-order valence-electron chi connectivity index (χ2n) is 5.07. The minimum atomic E-state index is -2.34. The van der Waals surface area contributed by atoms with Gasteiger partial charge in [-0.25, -0.2) is 0 Å². The van der Waals surface area contributed by atoms with Gasteiger partial charge in [0.15, 0.2) is 0 Å². The Morgan fingerprint density at radius 1 is 1.20 bits per heavy atom. The van der Waals surface area contributed by atoms with Crippen molar-refractivity contribution in [2.24, 2.45) is 0 Å². The van der Waals surface area contributed by atoms with E-state index in [1.165, 1.54) is 25.7 Å². The molecule has 0 fully saturated rings. The lowest BCUT2D eigenvalue weighted by Crippen LogP contribution is -2.25. The van der Waals surface area contributed by atoms with Crippen LogP contribution in [0.15, 0.2) is 16.5 Å². The van der Waals surface area contributed by atoms with Gasteiger partial charge in [-0.1, -0.05) is 44.4 Å². The molecule has 1 atom stereocenters. The third kappa shape index (κ3) is 7.90. The van der Waals surface area contributed by atoms with Gasteiger partial charge in [0.1, 0.15) is 11.5 Å². The summed E-state index contributed by atoms with van der Waals surface area (Å²) in [6.07, 6.45) is 6.26. The summed E-state index contributed by atoms with van der Waals surface area (Å²) in [4.78, 5) is 0. The van der Waals surface area contributed by atoms with E-state index in [9.17, 15) is 8.78 Å². The summed E-state index contributed by atoms with van der Waals surface area (Å²) in [6, 6.07) is 4.09. The van der Waals surface area contributed by atoms with E-state index in [0.717, 1.165) is 12.2 Å². The average Bonchev–Trinajstić information content (AvgIpc) is 2.87. The fourth-order valence-electron chi connectivity index (χ4n) is 1.99. The minimum Gasteiger partial charge on any atom is -0.464 e. The van der Waals surface area contributed by atoms with Gasteiger partial charge in [-0.15, -0.1) is 0 Å². The van der Waals surface area contributed by atoms with Crippen LogP contribution in [0.2, 0.25) is 0 Å². The van der Waals surface area contributed by atoms with Crippen LogP contribution in [0, 0.1) is 0 Å². The summed E-state index contributed by atoms with van der Waals surface area (Å²) in [5.41, 5.74) is 0. The van der Waals surface area contributed by atoms with E-state index in [-0.39, 0.29) is 5.75 Å². The summed E-state index contributed by atoms with van der Waals surface area (Å²) < 4.78 is 29.6. The Morgan fingerprint density at radius 2 is 1.95 bits per heavy atom. The molecule has 2 nitrogen and oxygen atoms in total. The maximum absolute atomic E-state index is 12.1. The Kier molecular flexibility index (Phi) is 8.94. The van der Waals surface area contributed by atoms with Gasteiger partial charge in [0.05, 0.1) is 12.3 Å². The quantitative estimate of drug-likeness (QED) is 0.570. The molecular weight excluding hydrogens is 280 g/mol. The Bertz CT molecular complexity index is 357. The van der Waals surface area contributed by atoms with E-state index < -0.39 is 5.76 Å². The molecule has 1 rings (SSSR count). The van der Waals surface area contributed by atoms with E-state index in [0.29, 0.717) is 30.1 Å². The number of hydrogen-bond donors (Lipinski definition) is 1. The van der Waals surface area contributed by atoms with Crippen molar-refractivity contribution in [3.8, 4) is 0 Å². The van der Waals surface area contributed by atoms with Gasteiger partial charge < -0.3 is 9.73 Å². The number of thioether (sulfide) groups is 1. The summed E-state index contributed by atoms with van der Waals surface area (Å²) in [6.45, 7) is 5.04. The second-order valence-corrected chi connectivity index (χ2v) is 6.05. The third-order valence-electron chi connectivity index (χ3n) is 3.18. The van der Waals surface area contributed by atoms with Crippen molar-refractivity contribution in [3.05, 3.63) is 23.7 Å². The van der Waals surface area contributed by atoms with Crippen molar-refractivity contribution >= 4 is 11.8 Å². The van der Waals surface area contributed by atoms with Gasteiger partial charge in [-0.3, -0.25) is 0 Å². The molecule has 0 radical (unpaired) electrons. The highest BCUT2D eigenvalue weighted by Crippen LogP contribution is 2.21. The van der Waals surface area contributed by atoms with Crippen LogP contribution in [-0.4, -0.2) is 11.8 Å². The molecule has 116 valence electrons. The van der Waals surface area contributed by atoms with Crippen LogP contribution in [-0.2, 0) is 12.3 Å². The summed E-state index contributed by atoms with van der Waals surface area (Å²) in [7, 11) is 0. The SMILES string of the molecule is CCCCCCC(C)NCc1ccc(CSC(F)F)o1. The standard InChI is InChI=1S/C15H25F2NOS/c1-3-4-5-6-7-12(2)18-10-13-8-9-14(19-13)11-20-15(16)17/h8-9,12,15,18H,3-7,10-11H2,1-2H3. The molecule has 1 unspecified atom stereocenters. The Morgan fingerprint density at radius 3 is 2.65 bits per heavy atom. The number of unbranched alkanes of at least 4 members (excludes halogenated alkanes) is 3. The van der Waals surface area contributed by atoms with Crippen LogP contribution in [0.1, 0.15) is 57.5 Å². The average molecular weight is 305 g/mol. The van der Waals surface area contributed by atoms with Gasteiger partial charge in [0.25, 0.3) is 5.76 Å². The Hall–Kier alpha value is -0.550. The van der Waals surface area contributed by atoms with Crippen LogP contribution in [0.25, 0.3) is 0 Å². The van der Waals surface area contributed by atoms with E-state index in [4.69, 9.17) is 4.42 Å². The van der Waals surface area contributed by atoms with Crippen molar-refractivity contribution in [3.63, 3.8) is 0 Å². The lowest BCUT2D eigenvalue weighted by molar-refractivity contribution is 0.251. The van der Waals surface area contributed by atoms with E-state index >= 15 is 0 Å². The molecule has 1 aromatic rings. The zero-order valence-electron chi connectivity index (χ0n) is 12.3. The first kappa shape index (κ1) is 17.5. The highest BCUT2D eigenvalue weighted by atomic mass is 32.2. The predicted molar refractivity (Wildman–Crippen MR) is 81.1 cm³/mol. The number of alkyl halides is 2. The lowest BCUT2D eigenvalue weighted by Gasteiger charge is -2.12. The molecule has 5 heteroatoms. The molecule has 0 aliphatic heterocycles.